The van der Waals surface area contributed by atoms with Crippen molar-refractivity contribution in [2.24, 2.45) is 0 Å². The molecule has 2 aromatic rings. The van der Waals surface area contributed by atoms with Crippen molar-refractivity contribution < 1.29 is 19.1 Å². The van der Waals surface area contributed by atoms with Gasteiger partial charge in [-0.05, 0) is 56.3 Å². The highest BCUT2D eigenvalue weighted by molar-refractivity contribution is 6.33. The molecule has 0 aromatic heterocycles. The van der Waals surface area contributed by atoms with Gasteiger partial charge in [0.15, 0.2) is 0 Å². The Labute approximate surface area is 139 Å². The Morgan fingerprint density at radius 1 is 1.00 bits per heavy atom. The van der Waals surface area contributed by atoms with Crippen LogP contribution in [0.5, 0.6) is 5.75 Å². The molecule has 0 radical (unpaired) electrons. The lowest BCUT2D eigenvalue weighted by Crippen LogP contribution is -2.12. The highest BCUT2D eigenvalue weighted by Gasteiger charge is 2.12. The molecule has 0 spiro atoms. The average molecular weight is 334 g/mol. The molecule has 0 unspecified atom stereocenters. The van der Waals surface area contributed by atoms with Gasteiger partial charge in [0.25, 0.3) is 0 Å². The number of carbonyl (C=O) groups is 2. The Hall–Kier alpha value is -2.53. The number of hydrogen-bond acceptors (Lipinski definition) is 5. The van der Waals surface area contributed by atoms with Crippen molar-refractivity contribution in [2.75, 3.05) is 5.73 Å². The standard InChI is InChI=1S/C17H16ClNO4/c1-10(2)22-16(20)11-3-6-13(7-4-11)23-17(21)12-5-8-14(18)15(19)9-12/h3-10H,19H2,1-2H3. The van der Waals surface area contributed by atoms with E-state index in [1.807, 2.05) is 0 Å². The van der Waals surface area contributed by atoms with Gasteiger partial charge in [0, 0.05) is 0 Å². The van der Waals surface area contributed by atoms with Gasteiger partial charge in [-0.2, -0.15) is 0 Å². The molecule has 120 valence electrons. The minimum Gasteiger partial charge on any atom is -0.459 e. The van der Waals surface area contributed by atoms with Crippen LogP contribution >= 0.6 is 11.6 Å². The summed E-state index contributed by atoms with van der Waals surface area (Å²) in [5.41, 5.74) is 6.62. The van der Waals surface area contributed by atoms with E-state index in [9.17, 15) is 9.59 Å². The quantitative estimate of drug-likeness (QED) is 0.524. The maximum absolute atomic E-state index is 12.0. The summed E-state index contributed by atoms with van der Waals surface area (Å²) in [4.78, 5) is 23.8. The minimum atomic E-state index is -0.564. The Morgan fingerprint density at radius 2 is 1.61 bits per heavy atom. The Balaban J connectivity index is 2.07. The maximum atomic E-state index is 12.0. The van der Waals surface area contributed by atoms with E-state index in [1.54, 1.807) is 13.8 Å². The van der Waals surface area contributed by atoms with Crippen LogP contribution in [0.1, 0.15) is 34.6 Å². The van der Waals surface area contributed by atoms with Crippen molar-refractivity contribution >= 4 is 29.2 Å². The van der Waals surface area contributed by atoms with Crippen LogP contribution in [0.2, 0.25) is 5.02 Å². The van der Waals surface area contributed by atoms with Gasteiger partial charge in [-0.1, -0.05) is 11.6 Å². The first-order chi connectivity index (χ1) is 10.9. The van der Waals surface area contributed by atoms with Crippen LogP contribution in [0, 0.1) is 0 Å². The van der Waals surface area contributed by atoms with Crippen LogP contribution in [0.25, 0.3) is 0 Å². The van der Waals surface area contributed by atoms with Gasteiger partial charge >= 0.3 is 11.9 Å². The molecule has 23 heavy (non-hydrogen) atoms. The molecule has 0 aliphatic carbocycles. The smallest absolute Gasteiger partial charge is 0.343 e. The molecular formula is C17H16ClNO4. The van der Waals surface area contributed by atoms with Gasteiger partial charge in [-0.3, -0.25) is 0 Å². The topological polar surface area (TPSA) is 78.6 Å². The molecule has 2 rings (SSSR count). The van der Waals surface area contributed by atoms with E-state index in [2.05, 4.69) is 0 Å². The summed E-state index contributed by atoms with van der Waals surface area (Å²) in [5, 5.41) is 0.370. The maximum Gasteiger partial charge on any atom is 0.343 e. The second-order valence-corrected chi connectivity index (χ2v) is 5.51. The van der Waals surface area contributed by atoms with Crippen molar-refractivity contribution in [3.8, 4) is 5.75 Å². The number of esters is 2. The third-order valence-corrected chi connectivity index (χ3v) is 3.22. The van der Waals surface area contributed by atoms with Gasteiger partial charge < -0.3 is 15.2 Å². The lowest BCUT2D eigenvalue weighted by atomic mass is 10.2. The summed E-state index contributed by atoms with van der Waals surface area (Å²) in [7, 11) is 0. The Morgan fingerprint density at radius 3 is 2.17 bits per heavy atom. The Kier molecular flexibility index (Phi) is 5.24. The highest BCUT2D eigenvalue weighted by atomic mass is 35.5. The number of nitrogens with two attached hydrogens (primary N) is 1. The third-order valence-electron chi connectivity index (χ3n) is 2.88. The van der Waals surface area contributed by atoms with E-state index >= 15 is 0 Å². The average Bonchev–Trinajstić information content (AvgIpc) is 2.50. The van der Waals surface area contributed by atoms with Gasteiger partial charge in [-0.25, -0.2) is 9.59 Å². The van der Waals surface area contributed by atoms with E-state index in [1.165, 1.54) is 42.5 Å². The number of anilines is 1. The molecule has 0 saturated carbocycles. The number of ether oxygens (including phenoxy) is 2. The summed E-state index contributed by atoms with van der Waals surface area (Å²) in [6, 6.07) is 10.6. The van der Waals surface area contributed by atoms with E-state index in [0.717, 1.165) is 0 Å². The first-order valence-electron chi connectivity index (χ1n) is 6.95. The van der Waals surface area contributed by atoms with E-state index < -0.39 is 11.9 Å². The number of nitrogen functional groups attached to an aromatic ring is 1. The van der Waals surface area contributed by atoms with Crippen LogP contribution < -0.4 is 10.5 Å². The molecule has 0 aliphatic rings. The van der Waals surface area contributed by atoms with Crippen molar-refractivity contribution in [3.05, 3.63) is 58.6 Å². The predicted molar refractivity (Wildman–Crippen MR) is 87.8 cm³/mol. The fourth-order valence-corrected chi connectivity index (χ4v) is 1.90. The van der Waals surface area contributed by atoms with Crippen LogP contribution in [0.15, 0.2) is 42.5 Å². The second kappa shape index (κ2) is 7.15. The number of carbonyl (C=O) groups excluding carboxylic acids is 2. The van der Waals surface area contributed by atoms with Crippen LogP contribution in [0.4, 0.5) is 5.69 Å². The summed E-state index contributed by atoms with van der Waals surface area (Å²) in [5.74, 6) is -0.682. The molecule has 0 saturated heterocycles. The van der Waals surface area contributed by atoms with Crippen molar-refractivity contribution in [3.63, 3.8) is 0 Å². The predicted octanol–water partition coefficient (Wildman–Crippen LogP) is 3.71. The molecule has 2 N–H and O–H groups in total. The molecule has 0 aliphatic heterocycles. The molecule has 0 fully saturated rings. The summed E-state index contributed by atoms with van der Waals surface area (Å²) >= 11 is 5.81. The lowest BCUT2D eigenvalue weighted by molar-refractivity contribution is 0.0378. The van der Waals surface area contributed by atoms with Crippen molar-refractivity contribution in [1.82, 2.24) is 0 Å². The summed E-state index contributed by atoms with van der Waals surface area (Å²) in [6.07, 6.45) is -0.199. The molecule has 5 nitrogen and oxygen atoms in total. The fourth-order valence-electron chi connectivity index (χ4n) is 1.78. The van der Waals surface area contributed by atoms with E-state index in [-0.39, 0.29) is 11.7 Å². The van der Waals surface area contributed by atoms with Crippen LogP contribution in [-0.4, -0.2) is 18.0 Å². The van der Waals surface area contributed by atoms with Gasteiger partial charge in [0.2, 0.25) is 0 Å². The van der Waals surface area contributed by atoms with Gasteiger partial charge in [-0.15, -0.1) is 0 Å². The van der Waals surface area contributed by atoms with Crippen LogP contribution in [0.3, 0.4) is 0 Å². The normalized spacial score (nSPS) is 10.4. The summed E-state index contributed by atoms with van der Waals surface area (Å²) in [6.45, 7) is 3.54. The first-order valence-corrected chi connectivity index (χ1v) is 7.33. The molecule has 0 amide bonds. The number of benzene rings is 2. The largest absolute Gasteiger partial charge is 0.459 e. The number of rotatable bonds is 4. The summed E-state index contributed by atoms with van der Waals surface area (Å²) < 4.78 is 10.3. The molecule has 0 heterocycles. The molecule has 6 heteroatoms. The zero-order valence-corrected chi connectivity index (χ0v) is 13.5. The van der Waals surface area contributed by atoms with Crippen LogP contribution in [-0.2, 0) is 4.74 Å². The fraction of sp³-hybridized carbons (Fsp3) is 0.176. The monoisotopic (exact) mass is 333 g/mol. The lowest BCUT2D eigenvalue weighted by Gasteiger charge is -2.09. The van der Waals surface area contributed by atoms with Crippen molar-refractivity contribution in [2.45, 2.75) is 20.0 Å². The van der Waals surface area contributed by atoms with Crippen molar-refractivity contribution in [1.29, 1.82) is 0 Å². The van der Waals surface area contributed by atoms with E-state index in [0.29, 0.717) is 22.0 Å². The number of hydrogen-bond donors (Lipinski definition) is 1. The third kappa shape index (κ3) is 4.47. The van der Waals surface area contributed by atoms with Gasteiger partial charge in [0.1, 0.15) is 5.75 Å². The zero-order valence-electron chi connectivity index (χ0n) is 12.7. The molecular weight excluding hydrogens is 318 g/mol. The molecule has 0 atom stereocenters. The molecule has 0 bridgehead atoms. The number of halogens is 1. The van der Waals surface area contributed by atoms with Gasteiger partial charge in [0.05, 0.1) is 27.9 Å². The minimum absolute atomic E-state index is 0.199. The zero-order chi connectivity index (χ0) is 17.0. The van der Waals surface area contributed by atoms with E-state index in [4.69, 9.17) is 26.8 Å². The second-order valence-electron chi connectivity index (χ2n) is 5.10. The highest BCUT2D eigenvalue weighted by Crippen LogP contribution is 2.21. The Bertz CT molecular complexity index is 726. The first kappa shape index (κ1) is 16.8. The SMILES string of the molecule is CC(C)OC(=O)c1ccc(OC(=O)c2ccc(Cl)c(N)c2)cc1. The molecule has 2 aromatic carbocycles.